The number of rotatable bonds is 6. The topological polar surface area (TPSA) is 81.3 Å². The van der Waals surface area contributed by atoms with E-state index in [0.717, 1.165) is 40.7 Å². The number of aliphatic imine (C=N–C) groups is 1. The van der Waals surface area contributed by atoms with E-state index >= 15 is 0 Å². The first kappa shape index (κ1) is 23.1. The van der Waals surface area contributed by atoms with E-state index in [1.54, 1.807) is 12.1 Å². The van der Waals surface area contributed by atoms with E-state index in [0.29, 0.717) is 25.5 Å². The molecule has 0 saturated heterocycles. The number of anilines is 1. The van der Waals surface area contributed by atoms with Gasteiger partial charge in [0.25, 0.3) is 0 Å². The van der Waals surface area contributed by atoms with Crippen molar-refractivity contribution in [2.75, 3.05) is 25.0 Å². The molecule has 0 radical (unpaired) electrons. The second-order valence-electron chi connectivity index (χ2n) is 7.44. The maximum Gasteiger partial charge on any atom is 0.225 e. The van der Waals surface area contributed by atoms with Gasteiger partial charge in [-0.1, -0.05) is 18.2 Å². The summed E-state index contributed by atoms with van der Waals surface area (Å²) < 4.78 is 13.6. The van der Waals surface area contributed by atoms with Crippen molar-refractivity contribution in [1.29, 1.82) is 0 Å². The van der Waals surface area contributed by atoms with Gasteiger partial charge >= 0.3 is 0 Å². The molecule has 0 fully saturated rings. The summed E-state index contributed by atoms with van der Waals surface area (Å²) in [5.74, 6) is 0.565. The minimum atomic E-state index is -0.233. The predicted octanol–water partition coefficient (Wildman–Crippen LogP) is 4.15. The number of hydrogen-bond donors (Lipinski definition) is 4. The van der Waals surface area contributed by atoms with Crippen molar-refractivity contribution in [2.45, 2.75) is 25.7 Å². The Morgan fingerprint density at radius 1 is 1.23 bits per heavy atom. The minimum Gasteiger partial charge on any atom is -0.361 e. The number of halogens is 2. The third-order valence-electron chi connectivity index (χ3n) is 5.34. The predicted molar refractivity (Wildman–Crippen MR) is 134 cm³/mol. The van der Waals surface area contributed by atoms with Crippen molar-refractivity contribution in [3.05, 3.63) is 65.6 Å². The van der Waals surface area contributed by atoms with Gasteiger partial charge in [0.05, 0.1) is 6.54 Å². The molecular weight excluding hydrogens is 508 g/mol. The molecule has 4 rings (SSSR count). The van der Waals surface area contributed by atoms with Crippen LogP contribution in [-0.4, -0.2) is 36.5 Å². The monoisotopic (exact) mass is 535 g/mol. The van der Waals surface area contributed by atoms with Crippen LogP contribution in [0.25, 0.3) is 10.9 Å². The average molecular weight is 535 g/mol. The fourth-order valence-corrected chi connectivity index (χ4v) is 3.88. The highest BCUT2D eigenvalue weighted by atomic mass is 127. The summed E-state index contributed by atoms with van der Waals surface area (Å²) in [7, 11) is 0. The van der Waals surface area contributed by atoms with Crippen LogP contribution < -0.4 is 16.0 Å². The molecule has 1 unspecified atom stereocenters. The average Bonchev–Trinajstić information content (AvgIpc) is 3.13. The van der Waals surface area contributed by atoms with E-state index in [-0.39, 0.29) is 41.6 Å². The quantitative estimate of drug-likeness (QED) is 0.218. The number of carbonyl (C=O) groups is 1. The van der Waals surface area contributed by atoms with Gasteiger partial charge in [-0.15, -0.1) is 24.0 Å². The Morgan fingerprint density at radius 2 is 2.06 bits per heavy atom. The molecule has 3 aromatic rings. The Labute approximate surface area is 198 Å². The maximum absolute atomic E-state index is 13.6. The van der Waals surface area contributed by atoms with Crippen LogP contribution in [0.15, 0.2) is 53.7 Å². The number of amides is 1. The molecule has 0 saturated carbocycles. The second-order valence-corrected chi connectivity index (χ2v) is 7.44. The molecule has 0 spiro atoms. The van der Waals surface area contributed by atoms with Gasteiger partial charge in [-0.25, -0.2) is 4.39 Å². The van der Waals surface area contributed by atoms with E-state index in [9.17, 15) is 9.18 Å². The van der Waals surface area contributed by atoms with Gasteiger partial charge in [0.15, 0.2) is 5.96 Å². The summed E-state index contributed by atoms with van der Waals surface area (Å²) in [6.45, 7) is 3.95. The van der Waals surface area contributed by atoms with Crippen LogP contribution in [0.4, 0.5) is 10.1 Å². The molecule has 2 aromatic carbocycles. The zero-order valence-electron chi connectivity index (χ0n) is 17.4. The minimum absolute atomic E-state index is 0. The SMILES string of the molecule is CCNC(=NCC1CC(=O)Nc2ccccc21)NCCc1c[nH]c2ccc(F)cc12.I. The maximum atomic E-state index is 13.6. The zero-order chi connectivity index (χ0) is 20.9. The molecule has 2 heterocycles. The van der Waals surface area contributed by atoms with E-state index < -0.39 is 0 Å². The number of fused-ring (bicyclic) bond motifs is 2. The molecule has 6 nitrogen and oxygen atoms in total. The summed E-state index contributed by atoms with van der Waals surface area (Å²) in [5.41, 5.74) is 3.99. The summed E-state index contributed by atoms with van der Waals surface area (Å²) in [4.78, 5) is 19.9. The van der Waals surface area contributed by atoms with Gasteiger partial charge in [0.2, 0.25) is 5.91 Å². The van der Waals surface area contributed by atoms with Crippen molar-refractivity contribution >= 4 is 52.4 Å². The van der Waals surface area contributed by atoms with Crippen LogP contribution in [0.5, 0.6) is 0 Å². The summed E-state index contributed by atoms with van der Waals surface area (Å²) >= 11 is 0. The van der Waals surface area contributed by atoms with Gasteiger partial charge in [0, 0.05) is 48.2 Å². The molecular formula is C23H27FIN5O. The van der Waals surface area contributed by atoms with Crippen LogP contribution in [0, 0.1) is 5.82 Å². The first-order valence-electron chi connectivity index (χ1n) is 10.3. The highest BCUT2D eigenvalue weighted by molar-refractivity contribution is 14.0. The third-order valence-corrected chi connectivity index (χ3v) is 5.34. The molecule has 4 N–H and O–H groups in total. The first-order valence-corrected chi connectivity index (χ1v) is 10.3. The van der Waals surface area contributed by atoms with E-state index in [1.807, 2.05) is 37.4 Å². The van der Waals surface area contributed by atoms with Crippen molar-refractivity contribution in [2.24, 2.45) is 4.99 Å². The summed E-state index contributed by atoms with van der Waals surface area (Å²) in [5, 5.41) is 10.4. The van der Waals surface area contributed by atoms with Gasteiger partial charge in [-0.3, -0.25) is 9.79 Å². The summed E-state index contributed by atoms with van der Waals surface area (Å²) in [6, 6.07) is 12.7. The number of hydrogen-bond acceptors (Lipinski definition) is 2. The van der Waals surface area contributed by atoms with Gasteiger partial charge < -0.3 is 20.9 Å². The Kier molecular flexibility index (Phi) is 7.89. The Bertz CT molecular complexity index is 1080. The first-order chi connectivity index (χ1) is 14.6. The fraction of sp³-hybridized carbons (Fsp3) is 0.304. The highest BCUT2D eigenvalue weighted by Gasteiger charge is 2.24. The number of guanidine groups is 1. The number of para-hydroxylation sites is 1. The molecule has 164 valence electrons. The number of benzene rings is 2. The van der Waals surface area contributed by atoms with Crippen molar-refractivity contribution in [3.63, 3.8) is 0 Å². The van der Waals surface area contributed by atoms with Crippen LogP contribution in [0.1, 0.15) is 30.4 Å². The molecule has 1 amide bonds. The van der Waals surface area contributed by atoms with Gasteiger partial charge in [-0.2, -0.15) is 0 Å². The smallest absolute Gasteiger partial charge is 0.225 e. The standard InChI is InChI=1S/C23H26FN5O.HI/c1-2-25-23(26-10-9-15-13-27-20-8-7-17(24)12-19(15)20)28-14-16-11-22(30)29-21-6-4-3-5-18(16)21;/h3-8,12-13,16,27H,2,9-11,14H2,1H3,(H,29,30)(H2,25,26,28);1H. The molecule has 8 heteroatoms. The molecule has 31 heavy (non-hydrogen) atoms. The Balaban J connectivity index is 0.00000272. The number of aromatic amines is 1. The fourth-order valence-electron chi connectivity index (χ4n) is 3.88. The second kappa shape index (κ2) is 10.6. The largest absolute Gasteiger partial charge is 0.361 e. The van der Waals surface area contributed by atoms with Gasteiger partial charge in [0.1, 0.15) is 5.82 Å². The Morgan fingerprint density at radius 3 is 2.90 bits per heavy atom. The number of aromatic nitrogens is 1. The van der Waals surface area contributed by atoms with Crippen molar-refractivity contribution in [1.82, 2.24) is 15.6 Å². The highest BCUT2D eigenvalue weighted by Crippen LogP contribution is 2.32. The van der Waals surface area contributed by atoms with Crippen LogP contribution in [0.3, 0.4) is 0 Å². The number of carbonyl (C=O) groups excluding carboxylic acids is 1. The molecule has 1 aromatic heterocycles. The summed E-state index contributed by atoms with van der Waals surface area (Å²) in [6.07, 6.45) is 3.09. The lowest BCUT2D eigenvalue weighted by molar-refractivity contribution is -0.116. The molecule has 1 aliphatic rings. The lowest BCUT2D eigenvalue weighted by Crippen LogP contribution is -2.38. The number of nitrogens with zero attached hydrogens (tertiary/aromatic N) is 1. The van der Waals surface area contributed by atoms with Crippen LogP contribution in [0.2, 0.25) is 0 Å². The number of nitrogens with one attached hydrogen (secondary N) is 4. The van der Waals surface area contributed by atoms with E-state index in [4.69, 9.17) is 4.99 Å². The molecule has 1 aliphatic heterocycles. The molecule has 0 bridgehead atoms. The van der Waals surface area contributed by atoms with Crippen LogP contribution >= 0.6 is 24.0 Å². The Hall–Kier alpha value is -2.62. The van der Waals surface area contributed by atoms with Crippen LogP contribution in [-0.2, 0) is 11.2 Å². The van der Waals surface area contributed by atoms with E-state index in [1.165, 1.54) is 6.07 Å². The lowest BCUT2D eigenvalue weighted by atomic mass is 9.91. The van der Waals surface area contributed by atoms with E-state index in [2.05, 4.69) is 20.9 Å². The molecule has 1 atom stereocenters. The normalized spacial score (nSPS) is 15.7. The molecule has 0 aliphatic carbocycles. The third kappa shape index (κ3) is 5.55. The number of H-pyrrole nitrogens is 1. The van der Waals surface area contributed by atoms with Gasteiger partial charge in [-0.05, 0) is 48.7 Å². The lowest BCUT2D eigenvalue weighted by Gasteiger charge is -2.24. The van der Waals surface area contributed by atoms with Crippen molar-refractivity contribution in [3.8, 4) is 0 Å². The zero-order valence-corrected chi connectivity index (χ0v) is 19.7. The van der Waals surface area contributed by atoms with Crippen molar-refractivity contribution < 1.29 is 9.18 Å².